The first-order chi connectivity index (χ1) is 5.69. The molecule has 0 aliphatic carbocycles. The van der Waals surface area contributed by atoms with Gasteiger partial charge >= 0.3 is 0 Å². The number of nitrogens with one attached hydrogen (secondary N) is 1. The van der Waals surface area contributed by atoms with Gasteiger partial charge in [-0.1, -0.05) is 13.0 Å². The van der Waals surface area contributed by atoms with Gasteiger partial charge in [0.25, 0.3) is 0 Å². The van der Waals surface area contributed by atoms with E-state index in [1.165, 1.54) is 0 Å². The molecule has 0 atom stereocenters. The van der Waals surface area contributed by atoms with Gasteiger partial charge in [0, 0.05) is 7.05 Å². The van der Waals surface area contributed by atoms with Gasteiger partial charge in [-0.05, 0) is 30.5 Å². The summed E-state index contributed by atoms with van der Waals surface area (Å²) < 4.78 is 0. The molecule has 0 aliphatic heterocycles. The standard InChI is InChI=1S/C10H15NO/c1-4-8-5-7(2)6-9(12)10(8)11-3/h5-6,11-12H,4H2,1-3H3. The van der Waals surface area contributed by atoms with E-state index in [1.807, 2.05) is 14.0 Å². The molecule has 0 unspecified atom stereocenters. The Labute approximate surface area is 73.2 Å². The van der Waals surface area contributed by atoms with E-state index in [0.717, 1.165) is 23.2 Å². The van der Waals surface area contributed by atoms with Crippen LogP contribution in [0.2, 0.25) is 0 Å². The molecule has 2 N–H and O–H groups in total. The number of hydrogen-bond acceptors (Lipinski definition) is 2. The Morgan fingerprint density at radius 2 is 2.08 bits per heavy atom. The largest absolute Gasteiger partial charge is 0.506 e. The minimum Gasteiger partial charge on any atom is -0.506 e. The maximum atomic E-state index is 9.54. The van der Waals surface area contributed by atoms with Crippen molar-refractivity contribution < 1.29 is 5.11 Å². The van der Waals surface area contributed by atoms with Crippen LogP contribution in [0.1, 0.15) is 18.1 Å². The molecular formula is C10H15NO. The minimum atomic E-state index is 0.342. The van der Waals surface area contributed by atoms with Crippen molar-refractivity contribution in [1.29, 1.82) is 0 Å². The van der Waals surface area contributed by atoms with Gasteiger partial charge in [-0.2, -0.15) is 0 Å². The SMILES string of the molecule is CCc1cc(C)cc(O)c1NC. The number of phenolic OH excluding ortho intramolecular Hbond substituents is 1. The third kappa shape index (κ3) is 1.52. The Balaban J connectivity index is 3.24. The molecule has 2 heteroatoms. The van der Waals surface area contributed by atoms with Crippen LogP contribution in [0.4, 0.5) is 5.69 Å². The minimum absolute atomic E-state index is 0.342. The van der Waals surface area contributed by atoms with Crippen LogP contribution < -0.4 is 5.32 Å². The Kier molecular flexibility index (Phi) is 2.58. The molecule has 0 bridgehead atoms. The molecule has 0 spiro atoms. The predicted octanol–water partition coefficient (Wildman–Crippen LogP) is 2.30. The summed E-state index contributed by atoms with van der Waals surface area (Å²) in [5.41, 5.74) is 3.11. The number of hydrogen-bond donors (Lipinski definition) is 2. The monoisotopic (exact) mass is 165 g/mol. The number of anilines is 1. The Morgan fingerprint density at radius 1 is 1.42 bits per heavy atom. The molecule has 1 rings (SSSR count). The summed E-state index contributed by atoms with van der Waals surface area (Å²) in [4.78, 5) is 0. The first kappa shape index (κ1) is 8.91. The van der Waals surface area contributed by atoms with Gasteiger partial charge in [0.05, 0.1) is 5.69 Å². The van der Waals surface area contributed by atoms with Gasteiger partial charge in [-0.3, -0.25) is 0 Å². The molecule has 0 radical (unpaired) electrons. The fourth-order valence-corrected chi connectivity index (χ4v) is 1.41. The normalized spacial score (nSPS) is 9.92. The lowest BCUT2D eigenvalue weighted by molar-refractivity contribution is 0.476. The summed E-state index contributed by atoms with van der Waals surface area (Å²) in [5, 5.41) is 12.5. The quantitative estimate of drug-likeness (QED) is 0.659. The van der Waals surface area contributed by atoms with Gasteiger partial charge in [-0.25, -0.2) is 0 Å². The predicted molar refractivity (Wildman–Crippen MR) is 51.8 cm³/mol. The van der Waals surface area contributed by atoms with Crippen LogP contribution in [0.5, 0.6) is 5.75 Å². The van der Waals surface area contributed by atoms with Gasteiger partial charge in [0.1, 0.15) is 5.75 Å². The maximum absolute atomic E-state index is 9.54. The lowest BCUT2D eigenvalue weighted by atomic mass is 10.1. The molecule has 66 valence electrons. The molecule has 2 nitrogen and oxygen atoms in total. The molecular weight excluding hydrogens is 150 g/mol. The van der Waals surface area contributed by atoms with E-state index in [-0.39, 0.29) is 0 Å². The van der Waals surface area contributed by atoms with Crippen LogP contribution >= 0.6 is 0 Å². The summed E-state index contributed by atoms with van der Waals surface area (Å²) in [5.74, 6) is 0.342. The maximum Gasteiger partial charge on any atom is 0.139 e. The second kappa shape index (κ2) is 3.48. The number of rotatable bonds is 2. The van der Waals surface area contributed by atoms with Crippen LogP contribution in [0, 0.1) is 6.92 Å². The van der Waals surface area contributed by atoms with Crippen LogP contribution in [-0.2, 0) is 6.42 Å². The third-order valence-electron chi connectivity index (χ3n) is 1.97. The second-order valence-electron chi connectivity index (χ2n) is 2.92. The molecule has 0 amide bonds. The first-order valence-corrected chi connectivity index (χ1v) is 4.19. The molecule has 0 aromatic heterocycles. The van der Waals surface area contributed by atoms with Crippen LogP contribution in [0.3, 0.4) is 0 Å². The van der Waals surface area contributed by atoms with Crippen molar-refractivity contribution in [2.45, 2.75) is 20.3 Å². The van der Waals surface area contributed by atoms with E-state index in [4.69, 9.17) is 0 Å². The van der Waals surface area contributed by atoms with E-state index in [9.17, 15) is 5.11 Å². The zero-order valence-electron chi connectivity index (χ0n) is 7.81. The lowest BCUT2D eigenvalue weighted by Gasteiger charge is -2.10. The van der Waals surface area contributed by atoms with Crippen molar-refractivity contribution >= 4 is 5.69 Å². The van der Waals surface area contributed by atoms with Crippen LogP contribution in [-0.4, -0.2) is 12.2 Å². The Bertz CT molecular complexity index is 281. The second-order valence-corrected chi connectivity index (χ2v) is 2.92. The Hall–Kier alpha value is -1.18. The molecule has 0 fully saturated rings. The molecule has 1 aromatic carbocycles. The van der Waals surface area contributed by atoms with Crippen molar-refractivity contribution in [2.24, 2.45) is 0 Å². The van der Waals surface area contributed by atoms with E-state index in [1.54, 1.807) is 6.07 Å². The zero-order valence-corrected chi connectivity index (χ0v) is 7.81. The van der Waals surface area contributed by atoms with Gasteiger partial charge in [0.15, 0.2) is 0 Å². The topological polar surface area (TPSA) is 32.3 Å². The van der Waals surface area contributed by atoms with Gasteiger partial charge < -0.3 is 10.4 Å². The lowest BCUT2D eigenvalue weighted by Crippen LogP contribution is -1.95. The van der Waals surface area contributed by atoms with Crippen molar-refractivity contribution in [3.05, 3.63) is 23.3 Å². The molecule has 12 heavy (non-hydrogen) atoms. The van der Waals surface area contributed by atoms with Gasteiger partial charge in [-0.15, -0.1) is 0 Å². The average Bonchev–Trinajstić information content (AvgIpc) is 2.03. The molecule has 0 saturated heterocycles. The molecule has 1 aromatic rings. The summed E-state index contributed by atoms with van der Waals surface area (Å²) in [6.45, 7) is 4.06. The molecule has 0 aliphatic rings. The summed E-state index contributed by atoms with van der Waals surface area (Å²) in [6.07, 6.45) is 0.936. The molecule has 0 heterocycles. The number of aryl methyl sites for hydroxylation is 2. The summed E-state index contributed by atoms with van der Waals surface area (Å²) >= 11 is 0. The van der Waals surface area contributed by atoms with E-state index >= 15 is 0 Å². The number of benzene rings is 1. The first-order valence-electron chi connectivity index (χ1n) is 4.19. The average molecular weight is 165 g/mol. The fourth-order valence-electron chi connectivity index (χ4n) is 1.41. The highest BCUT2D eigenvalue weighted by atomic mass is 16.3. The zero-order chi connectivity index (χ0) is 9.14. The third-order valence-corrected chi connectivity index (χ3v) is 1.97. The van der Waals surface area contributed by atoms with E-state index in [2.05, 4.69) is 18.3 Å². The van der Waals surface area contributed by atoms with E-state index in [0.29, 0.717) is 5.75 Å². The highest BCUT2D eigenvalue weighted by molar-refractivity contribution is 5.62. The number of phenols is 1. The van der Waals surface area contributed by atoms with Crippen LogP contribution in [0.25, 0.3) is 0 Å². The summed E-state index contributed by atoms with van der Waals surface area (Å²) in [6, 6.07) is 3.86. The van der Waals surface area contributed by atoms with Gasteiger partial charge in [0.2, 0.25) is 0 Å². The number of aromatic hydroxyl groups is 1. The van der Waals surface area contributed by atoms with Crippen molar-refractivity contribution in [2.75, 3.05) is 12.4 Å². The van der Waals surface area contributed by atoms with Crippen molar-refractivity contribution in [3.63, 3.8) is 0 Å². The molecule has 0 saturated carbocycles. The van der Waals surface area contributed by atoms with Crippen LogP contribution in [0.15, 0.2) is 12.1 Å². The highest BCUT2D eigenvalue weighted by Gasteiger charge is 2.04. The smallest absolute Gasteiger partial charge is 0.139 e. The Morgan fingerprint density at radius 3 is 2.58 bits per heavy atom. The van der Waals surface area contributed by atoms with E-state index < -0.39 is 0 Å². The summed E-state index contributed by atoms with van der Waals surface area (Å²) in [7, 11) is 1.82. The van der Waals surface area contributed by atoms with Crippen molar-refractivity contribution in [1.82, 2.24) is 0 Å². The fraction of sp³-hybridized carbons (Fsp3) is 0.400. The highest BCUT2D eigenvalue weighted by Crippen LogP contribution is 2.28. The van der Waals surface area contributed by atoms with Crippen molar-refractivity contribution in [3.8, 4) is 5.75 Å².